The van der Waals surface area contributed by atoms with Gasteiger partial charge >= 0.3 is 0 Å². The van der Waals surface area contributed by atoms with E-state index in [0.29, 0.717) is 11.4 Å². The summed E-state index contributed by atoms with van der Waals surface area (Å²) < 4.78 is 0. The van der Waals surface area contributed by atoms with Crippen molar-refractivity contribution >= 4 is 28.6 Å². The van der Waals surface area contributed by atoms with Crippen LogP contribution in [-0.4, -0.2) is 26.8 Å². The maximum absolute atomic E-state index is 11.3. The summed E-state index contributed by atoms with van der Waals surface area (Å²) in [7, 11) is 0. The number of thioether (sulfide) groups is 1. The Bertz CT molecular complexity index is 406. The molecule has 0 radical (unpaired) electrons. The fourth-order valence-electron chi connectivity index (χ4n) is 1.28. The van der Waals surface area contributed by atoms with Crippen molar-refractivity contribution in [1.82, 2.24) is 9.88 Å². The summed E-state index contributed by atoms with van der Waals surface area (Å²) in [4.78, 5) is 27.8. The van der Waals surface area contributed by atoms with Crippen LogP contribution in [0.5, 0.6) is 0 Å². The lowest BCUT2D eigenvalue weighted by atomic mass is 10.3. The van der Waals surface area contributed by atoms with Gasteiger partial charge < -0.3 is 5.73 Å². The number of amides is 2. The first-order valence-corrected chi connectivity index (χ1v) is 5.33. The van der Waals surface area contributed by atoms with Gasteiger partial charge in [-0.25, -0.2) is 0 Å². The van der Waals surface area contributed by atoms with E-state index in [2.05, 4.69) is 4.98 Å². The van der Waals surface area contributed by atoms with Gasteiger partial charge in [0, 0.05) is 11.9 Å². The molecule has 2 amide bonds. The minimum Gasteiger partial charge on any atom is -0.399 e. The van der Waals surface area contributed by atoms with Gasteiger partial charge in [-0.15, -0.1) is 0 Å². The molecule has 0 unspecified atom stereocenters. The maximum Gasteiger partial charge on any atom is 0.289 e. The van der Waals surface area contributed by atoms with Crippen molar-refractivity contribution in [2.75, 3.05) is 11.5 Å². The topological polar surface area (TPSA) is 76.3 Å². The number of nitrogen functional groups attached to an aromatic ring is 1. The van der Waals surface area contributed by atoms with Crippen LogP contribution >= 0.6 is 11.8 Å². The van der Waals surface area contributed by atoms with Gasteiger partial charge in [0.2, 0.25) is 5.91 Å². The lowest BCUT2D eigenvalue weighted by Gasteiger charge is -2.11. The first-order valence-electron chi connectivity index (χ1n) is 4.34. The first kappa shape index (κ1) is 9.97. The van der Waals surface area contributed by atoms with Crippen LogP contribution in [0.3, 0.4) is 0 Å². The number of aromatic nitrogens is 1. The normalized spacial score (nSPS) is 16.1. The highest BCUT2D eigenvalue weighted by molar-refractivity contribution is 8.14. The lowest BCUT2D eigenvalue weighted by Crippen LogP contribution is -2.28. The summed E-state index contributed by atoms with van der Waals surface area (Å²) >= 11 is 1.02. The van der Waals surface area contributed by atoms with Crippen molar-refractivity contribution < 1.29 is 9.59 Å². The Labute approximate surface area is 90.7 Å². The molecule has 78 valence electrons. The van der Waals surface area contributed by atoms with E-state index in [4.69, 9.17) is 5.73 Å². The average Bonchev–Trinajstić information content (AvgIpc) is 2.50. The molecule has 1 aromatic rings. The zero-order valence-corrected chi connectivity index (χ0v) is 8.66. The Kier molecular flexibility index (Phi) is 2.59. The number of imide groups is 1. The second kappa shape index (κ2) is 3.90. The molecular weight excluding hydrogens is 214 g/mol. The van der Waals surface area contributed by atoms with Gasteiger partial charge in [0.05, 0.1) is 18.0 Å². The molecule has 1 aromatic heterocycles. The maximum atomic E-state index is 11.3. The van der Waals surface area contributed by atoms with E-state index in [1.165, 1.54) is 4.90 Å². The number of nitrogens with zero attached hydrogens (tertiary/aromatic N) is 2. The fourth-order valence-corrected chi connectivity index (χ4v) is 2.00. The highest BCUT2D eigenvalue weighted by Crippen LogP contribution is 2.20. The minimum absolute atomic E-state index is 0.172. The van der Waals surface area contributed by atoms with E-state index >= 15 is 0 Å². The lowest BCUT2D eigenvalue weighted by molar-refractivity contribution is -0.125. The molecule has 0 bridgehead atoms. The average molecular weight is 223 g/mol. The SMILES string of the molecule is Nc1ccnc(CN2C(=O)CSC2=O)c1. The zero-order chi connectivity index (χ0) is 10.8. The number of nitrogens with two attached hydrogens (primary N) is 1. The third-order valence-electron chi connectivity index (χ3n) is 2.00. The zero-order valence-electron chi connectivity index (χ0n) is 7.84. The number of hydrogen-bond acceptors (Lipinski definition) is 5. The molecule has 0 aromatic carbocycles. The molecule has 6 heteroatoms. The highest BCUT2D eigenvalue weighted by Gasteiger charge is 2.29. The number of carbonyl (C=O) groups is 2. The van der Waals surface area contributed by atoms with Crippen LogP contribution in [0.15, 0.2) is 18.3 Å². The van der Waals surface area contributed by atoms with Crippen LogP contribution in [0.25, 0.3) is 0 Å². The van der Waals surface area contributed by atoms with Crippen molar-refractivity contribution in [3.8, 4) is 0 Å². The predicted molar refractivity (Wildman–Crippen MR) is 57.1 cm³/mol. The fraction of sp³-hybridized carbons (Fsp3) is 0.222. The molecule has 2 N–H and O–H groups in total. The van der Waals surface area contributed by atoms with Crippen LogP contribution in [0.4, 0.5) is 10.5 Å². The summed E-state index contributed by atoms with van der Waals surface area (Å²) in [6, 6.07) is 3.31. The molecule has 0 aliphatic carbocycles. The van der Waals surface area contributed by atoms with Crippen LogP contribution in [0.2, 0.25) is 0 Å². The third kappa shape index (κ3) is 2.10. The largest absolute Gasteiger partial charge is 0.399 e. The molecule has 0 saturated carbocycles. The van der Waals surface area contributed by atoms with E-state index in [1.807, 2.05) is 0 Å². The Balaban J connectivity index is 2.15. The second-order valence-electron chi connectivity index (χ2n) is 3.11. The van der Waals surface area contributed by atoms with Crippen molar-refractivity contribution in [2.24, 2.45) is 0 Å². The molecule has 1 saturated heterocycles. The van der Waals surface area contributed by atoms with E-state index in [-0.39, 0.29) is 23.4 Å². The molecule has 15 heavy (non-hydrogen) atoms. The summed E-state index contributed by atoms with van der Waals surface area (Å²) in [6.07, 6.45) is 1.56. The van der Waals surface area contributed by atoms with Crippen LogP contribution in [-0.2, 0) is 11.3 Å². The number of carbonyl (C=O) groups excluding carboxylic acids is 2. The smallest absolute Gasteiger partial charge is 0.289 e. The number of pyridine rings is 1. The molecule has 0 atom stereocenters. The second-order valence-corrected chi connectivity index (χ2v) is 4.04. The first-order chi connectivity index (χ1) is 7.16. The molecule has 1 aliphatic heterocycles. The van der Waals surface area contributed by atoms with E-state index < -0.39 is 0 Å². The van der Waals surface area contributed by atoms with Crippen molar-refractivity contribution in [1.29, 1.82) is 0 Å². The summed E-state index contributed by atoms with van der Waals surface area (Å²) in [5.74, 6) is 0.0513. The number of rotatable bonds is 2. The molecule has 1 fully saturated rings. The number of hydrogen-bond donors (Lipinski definition) is 1. The van der Waals surface area contributed by atoms with Crippen molar-refractivity contribution in [2.45, 2.75) is 6.54 Å². The number of anilines is 1. The Morgan fingerprint density at radius 2 is 2.33 bits per heavy atom. The van der Waals surface area contributed by atoms with Crippen molar-refractivity contribution in [3.63, 3.8) is 0 Å². The van der Waals surface area contributed by atoms with Gasteiger partial charge in [-0.05, 0) is 12.1 Å². The monoisotopic (exact) mass is 223 g/mol. The van der Waals surface area contributed by atoms with Crippen molar-refractivity contribution in [3.05, 3.63) is 24.0 Å². The standard InChI is InChI=1S/C9H9N3O2S/c10-6-1-2-11-7(3-6)4-12-8(13)5-15-9(12)14/h1-3H,4-5H2,(H2,10,11). The van der Waals surface area contributed by atoms with Crippen LogP contribution in [0.1, 0.15) is 5.69 Å². The van der Waals surface area contributed by atoms with Gasteiger partial charge in [-0.3, -0.25) is 19.5 Å². The van der Waals surface area contributed by atoms with Gasteiger partial charge in [-0.1, -0.05) is 11.8 Å². The Hall–Kier alpha value is -1.56. The van der Waals surface area contributed by atoms with E-state index in [1.54, 1.807) is 18.3 Å². The van der Waals surface area contributed by atoms with E-state index in [0.717, 1.165) is 11.8 Å². The summed E-state index contributed by atoms with van der Waals surface area (Å²) in [5.41, 5.74) is 6.77. The summed E-state index contributed by atoms with van der Waals surface area (Å²) in [6.45, 7) is 0.204. The van der Waals surface area contributed by atoms with Gasteiger partial charge in [-0.2, -0.15) is 0 Å². The van der Waals surface area contributed by atoms with Gasteiger partial charge in [0.15, 0.2) is 0 Å². The van der Waals surface area contributed by atoms with E-state index in [9.17, 15) is 9.59 Å². The minimum atomic E-state index is -0.218. The summed E-state index contributed by atoms with van der Waals surface area (Å²) in [5, 5.41) is -0.218. The molecule has 0 spiro atoms. The molecule has 1 aliphatic rings. The highest BCUT2D eigenvalue weighted by atomic mass is 32.2. The van der Waals surface area contributed by atoms with Gasteiger partial charge in [0.25, 0.3) is 5.24 Å². The molecule has 2 rings (SSSR count). The Morgan fingerprint density at radius 1 is 1.53 bits per heavy atom. The predicted octanol–water partition coefficient (Wildman–Crippen LogP) is 0.859. The van der Waals surface area contributed by atoms with Gasteiger partial charge in [0.1, 0.15) is 0 Å². The Morgan fingerprint density at radius 3 is 2.93 bits per heavy atom. The third-order valence-corrected chi connectivity index (χ3v) is 2.86. The van der Waals surface area contributed by atoms with Crippen LogP contribution < -0.4 is 5.73 Å². The molecule has 2 heterocycles. The molecular formula is C9H9N3O2S. The van der Waals surface area contributed by atoms with Crippen LogP contribution in [0, 0.1) is 0 Å². The quantitative estimate of drug-likeness (QED) is 0.804. The molecule has 5 nitrogen and oxygen atoms in total.